The maximum Gasteiger partial charge on any atom is 0.0313 e. The molecule has 0 amide bonds. The first-order valence-electron chi connectivity index (χ1n) is 7.27. The van der Waals surface area contributed by atoms with Crippen LogP contribution < -0.4 is 4.72 Å². The fraction of sp³-hybridized carbons (Fsp3) is 0.105. The molecule has 0 bridgehead atoms. The second-order valence-electron chi connectivity index (χ2n) is 5.18. The summed E-state index contributed by atoms with van der Waals surface area (Å²) in [7, 11) is 0. The maximum atomic E-state index is 4.07. The van der Waals surface area contributed by atoms with Gasteiger partial charge in [-0.2, -0.15) is 0 Å². The first-order valence-corrected chi connectivity index (χ1v) is 8.09. The highest BCUT2D eigenvalue weighted by Crippen LogP contribution is 2.21. The summed E-state index contributed by atoms with van der Waals surface area (Å²) in [5, 5.41) is 0. The number of nitrogens with one attached hydrogen (secondary N) is 1. The quantitative estimate of drug-likeness (QED) is 0.682. The van der Waals surface area contributed by atoms with E-state index in [1.54, 1.807) is 11.9 Å². The molecule has 3 heteroatoms. The summed E-state index contributed by atoms with van der Waals surface area (Å²) < 4.78 is 3.43. The second-order valence-corrected chi connectivity index (χ2v) is 6.14. The molecular formula is C19H18N2S. The van der Waals surface area contributed by atoms with Crippen LogP contribution in [0.1, 0.15) is 11.1 Å². The smallest absolute Gasteiger partial charge is 0.0313 e. The lowest BCUT2D eigenvalue weighted by atomic mass is 10.0. The lowest BCUT2D eigenvalue weighted by Gasteiger charge is -2.07. The highest BCUT2D eigenvalue weighted by molar-refractivity contribution is 7.97. The molecule has 110 valence electrons. The summed E-state index contributed by atoms with van der Waals surface area (Å²) in [5.41, 5.74) is 4.98. The fourth-order valence-corrected chi connectivity index (χ4v) is 3.08. The first-order chi connectivity index (χ1) is 10.8. The van der Waals surface area contributed by atoms with Crippen LogP contribution >= 0.6 is 11.9 Å². The number of pyridine rings is 1. The lowest BCUT2D eigenvalue weighted by Crippen LogP contribution is -2.03. The van der Waals surface area contributed by atoms with Gasteiger partial charge >= 0.3 is 0 Å². The molecule has 3 rings (SSSR count). The average Bonchev–Trinajstić information content (AvgIpc) is 2.56. The van der Waals surface area contributed by atoms with E-state index in [9.17, 15) is 0 Å². The van der Waals surface area contributed by atoms with Crippen molar-refractivity contribution in [1.82, 2.24) is 9.71 Å². The number of aryl methyl sites for hydroxylation is 1. The summed E-state index contributed by atoms with van der Waals surface area (Å²) in [6.07, 6.45) is 3.65. The minimum Gasteiger partial charge on any atom is -0.265 e. The Morgan fingerprint density at radius 1 is 0.909 bits per heavy atom. The van der Waals surface area contributed by atoms with Gasteiger partial charge in [-0.25, -0.2) is 0 Å². The third kappa shape index (κ3) is 3.97. The zero-order chi connectivity index (χ0) is 15.2. The lowest BCUT2D eigenvalue weighted by molar-refractivity contribution is 0.975. The summed E-state index contributed by atoms with van der Waals surface area (Å²) in [6, 6.07) is 21.2. The molecule has 0 atom stereocenters. The van der Waals surface area contributed by atoms with Crippen LogP contribution in [0.3, 0.4) is 0 Å². The molecule has 0 radical (unpaired) electrons. The molecule has 0 fully saturated rings. The number of hydrogen-bond acceptors (Lipinski definition) is 3. The second kappa shape index (κ2) is 7.25. The molecule has 22 heavy (non-hydrogen) atoms. The van der Waals surface area contributed by atoms with Crippen molar-refractivity contribution >= 4 is 11.9 Å². The van der Waals surface area contributed by atoms with Crippen LogP contribution in [0.5, 0.6) is 0 Å². The summed E-state index contributed by atoms with van der Waals surface area (Å²) in [6.45, 7) is 2.94. The van der Waals surface area contributed by atoms with Crippen molar-refractivity contribution in [1.29, 1.82) is 0 Å². The Labute approximate surface area is 135 Å². The number of hydrogen-bond donors (Lipinski definition) is 1. The van der Waals surface area contributed by atoms with Crippen LogP contribution in [-0.2, 0) is 6.54 Å². The van der Waals surface area contributed by atoms with Crippen LogP contribution in [0.25, 0.3) is 11.1 Å². The van der Waals surface area contributed by atoms with Crippen molar-refractivity contribution < 1.29 is 0 Å². The zero-order valence-electron chi connectivity index (χ0n) is 12.5. The van der Waals surface area contributed by atoms with Crippen molar-refractivity contribution in [3.05, 3.63) is 84.2 Å². The van der Waals surface area contributed by atoms with E-state index in [4.69, 9.17) is 0 Å². The van der Waals surface area contributed by atoms with E-state index in [2.05, 4.69) is 65.2 Å². The topological polar surface area (TPSA) is 24.9 Å². The summed E-state index contributed by atoms with van der Waals surface area (Å²) >= 11 is 1.67. The third-order valence-electron chi connectivity index (χ3n) is 3.40. The summed E-state index contributed by atoms with van der Waals surface area (Å²) in [4.78, 5) is 5.31. The minimum absolute atomic E-state index is 0.831. The van der Waals surface area contributed by atoms with Gasteiger partial charge in [0.2, 0.25) is 0 Å². The SMILES string of the molecule is Cc1cccc(SNCc2cccc(-c3ccncc3)c2)c1. The molecule has 0 spiro atoms. The van der Waals surface area contributed by atoms with Crippen LogP contribution in [0.15, 0.2) is 78.0 Å². The number of nitrogens with zero attached hydrogens (tertiary/aromatic N) is 1. The Kier molecular flexibility index (Phi) is 4.88. The average molecular weight is 306 g/mol. The normalized spacial score (nSPS) is 10.6. The van der Waals surface area contributed by atoms with Crippen molar-refractivity contribution in [2.75, 3.05) is 0 Å². The fourth-order valence-electron chi connectivity index (χ4n) is 2.29. The van der Waals surface area contributed by atoms with Gasteiger partial charge in [-0.15, -0.1) is 0 Å². The molecule has 0 aliphatic heterocycles. The van der Waals surface area contributed by atoms with Crippen molar-refractivity contribution in [2.24, 2.45) is 0 Å². The molecule has 0 aliphatic carbocycles. The Balaban J connectivity index is 1.64. The standard InChI is InChI=1S/C19H18N2S/c1-15-4-2-7-19(12-15)22-21-14-16-5-3-6-18(13-16)17-8-10-20-11-9-17/h2-13,21H,14H2,1H3. The van der Waals surface area contributed by atoms with Crippen LogP contribution in [0.4, 0.5) is 0 Å². The van der Waals surface area contributed by atoms with Gasteiger partial charge in [-0.05, 0) is 71.5 Å². The first kappa shape index (κ1) is 14.8. The van der Waals surface area contributed by atoms with E-state index in [0.29, 0.717) is 0 Å². The Bertz CT molecular complexity index is 741. The van der Waals surface area contributed by atoms with Gasteiger partial charge in [0, 0.05) is 23.8 Å². The monoisotopic (exact) mass is 306 g/mol. The highest BCUT2D eigenvalue weighted by Gasteiger charge is 2.00. The van der Waals surface area contributed by atoms with Crippen LogP contribution in [0.2, 0.25) is 0 Å². The minimum atomic E-state index is 0.831. The van der Waals surface area contributed by atoms with Gasteiger partial charge in [0.05, 0.1) is 0 Å². The van der Waals surface area contributed by atoms with Crippen molar-refractivity contribution in [3.63, 3.8) is 0 Å². The van der Waals surface area contributed by atoms with Gasteiger partial charge < -0.3 is 0 Å². The maximum absolute atomic E-state index is 4.07. The molecule has 2 aromatic carbocycles. The number of benzene rings is 2. The molecular weight excluding hydrogens is 288 g/mol. The van der Waals surface area contributed by atoms with E-state index in [-0.39, 0.29) is 0 Å². The number of rotatable bonds is 5. The highest BCUT2D eigenvalue weighted by atomic mass is 32.2. The van der Waals surface area contributed by atoms with Crippen LogP contribution in [0, 0.1) is 6.92 Å². The van der Waals surface area contributed by atoms with Crippen LogP contribution in [-0.4, -0.2) is 4.98 Å². The Hall–Kier alpha value is -2.10. The van der Waals surface area contributed by atoms with E-state index in [1.807, 2.05) is 24.5 Å². The largest absolute Gasteiger partial charge is 0.265 e. The molecule has 1 N–H and O–H groups in total. The molecule has 0 saturated carbocycles. The van der Waals surface area contributed by atoms with Gasteiger partial charge in [0.15, 0.2) is 0 Å². The van der Waals surface area contributed by atoms with Gasteiger partial charge in [-0.1, -0.05) is 30.3 Å². The molecule has 3 aromatic rings. The van der Waals surface area contributed by atoms with Gasteiger partial charge in [0.25, 0.3) is 0 Å². The number of aromatic nitrogens is 1. The third-order valence-corrected chi connectivity index (χ3v) is 4.17. The van der Waals surface area contributed by atoms with Crippen molar-refractivity contribution in [2.45, 2.75) is 18.4 Å². The molecule has 0 saturated heterocycles. The Morgan fingerprint density at radius 3 is 2.55 bits per heavy atom. The van der Waals surface area contributed by atoms with E-state index in [1.165, 1.54) is 27.1 Å². The van der Waals surface area contributed by atoms with E-state index < -0.39 is 0 Å². The van der Waals surface area contributed by atoms with E-state index >= 15 is 0 Å². The zero-order valence-corrected chi connectivity index (χ0v) is 13.3. The molecule has 1 heterocycles. The molecule has 2 nitrogen and oxygen atoms in total. The summed E-state index contributed by atoms with van der Waals surface area (Å²) in [5.74, 6) is 0. The molecule has 0 unspecified atom stereocenters. The molecule has 0 aliphatic rings. The molecule has 1 aromatic heterocycles. The Morgan fingerprint density at radius 2 is 1.73 bits per heavy atom. The van der Waals surface area contributed by atoms with Crippen molar-refractivity contribution in [3.8, 4) is 11.1 Å². The van der Waals surface area contributed by atoms with E-state index in [0.717, 1.165) is 6.54 Å². The predicted molar refractivity (Wildman–Crippen MR) is 93.5 cm³/mol. The van der Waals surface area contributed by atoms with Gasteiger partial charge in [-0.3, -0.25) is 9.71 Å². The predicted octanol–water partition coefficient (Wildman–Crippen LogP) is 4.85. The van der Waals surface area contributed by atoms with Gasteiger partial charge in [0.1, 0.15) is 0 Å².